The minimum atomic E-state index is 0.195. The summed E-state index contributed by atoms with van der Waals surface area (Å²) >= 11 is 0. The van der Waals surface area contributed by atoms with Gasteiger partial charge in [0.1, 0.15) is 5.82 Å². The van der Waals surface area contributed by atoms with Crippen LogP contribution in [0.5, 0.6) is 0 Å². The summed E-state index contributed by atoms with van der Waals surface area (Å²) < 4.78 is 5.81. The number of anilines is 2. The molecule has 3 rings (SSSR count). The van der Waals surface area contributed by atoms with Gasteiger partial charge in [0, 0.05) is 24.5 Å². The number of aromatic nitrogens is 2. The lowest BCUT2D eigenvalue weighted by Crippen LogP contribution is -2.46. The second-order valence-electron chi connectivity index (χ2n) is 6.35. The lowest BCUT2D eigenvalue weighted by Gasteiger charge is -2.35. The second kappa shape index (κ2) is 6.08. The van der Waals surface area contributed by atoms with Crippen molar-refractivity contribution in [2.75, 3.05) is 23.3 Å². The fraction of sp³-hybridized carbons (Fsp3) is 0.529. The third kappa shape index (κ3) is 3.14. The molecule has 22 heavy (non-hydrogen) atoms. The molecule has 1 saturated heterocycles. The van der Waals surface area contributed by atoms with E-state index >= 15 is 0 Å². The molecule has 2 aromatic rings. The Labute approximate surface area is 131 Å². The van der Waals surface area contributed by atoms with Gasteiger partial charge in [-0.15, -0.1) is 0 Å². The van der Waals surface area contributed by atoms with E-state index in [4.69, 9.17) is 14.7 Å². The Hall–Kier alpha value is -1.88. The van der Waals surface area contributed by atoms with E-state index in [2.05, 4.69) is 44.0 Å². The molecular weight excluding hydrogens is 276 g/mol. The molecule has 0 bridgehead atoms. The SMILES string of the molecule is CC(C)Nc1nc(N2CC(C)OC(C)C2)nc2ccccc12. The van der Waals surface area contributed by atoms with Crippen molar-refractivity contribution in [3.63, 3.8) is 0 Å². The van der Waals surface area contributed by atoms with Gasteiger partial charge in [0.25, 0.3) is 0 Å². The summed E-state index contributed by atoms with van der Waals surface area (Å²) in [5.74, 6) is 1.69. The Kier molecular flexibility index (Phi) is 4.16. The number of hydrogen-bond acceptors (Lipinski definition) is 5. The van der Waals surface area contributed by atoms with Crippen molar-refractivity contribution in [2.24, 2.45) is 0 Å². The monoisotopic (exact) mass is 300 g/mol. The van der Waals surface area contributed by atoms with Gasteiger partial charge in [0.2, 0.25) is 5.95 Å². The van der Waals surface area contributed by atoms with E-state index in [9.17, 15) is 0 Å². The highest BCUT2D eigenvalue weighted by molar-refractivity contribution is 5.90. The van der Waals surface area contributed by atoms with Crippen LogP contribution in [-0.4, -0.2) is 41.3 Å². The molecule has 0 saturated carbocycles. The van der Waals surface area contributed by atoms with Crippen molar-refractivity contribution in [1.29, 1.82) is 0 Å². The highest BCUT2D eigenvalue weighted by atomic mass is 16.5. The number of fused-ring (bicyclic) bond motifs is 1. The molecular formula is C17H24N4O. The number of ether oxygens (including phenoxy) is 1. The van der Waals surface area contributed by atoms with Gasteiger partial charge in [0.15, 0.2) is 0 Å². The van der Waals surface area contributed by atoms with Crippen LogP contribution in [-0.2, 0) is 4.74 Å². The molecule has 0 radical (unpaired) electrons. The van der Waals surface area contributed by atoms with Crippen LogP contribution >= 0.6 is 0 Å². The third-order valence-corrected chi connectivity index (χ3v) is 3.72. The minimum absolute atomic E-state index is 0.195. The van der Waals surface area contributed by atoms with E-state index in [1.165, 1.54) is 0 Å². The maximum atomic E-state index is 5.81. The largest absolute Gasteiger partial charge is 0.372 e. The van der Waals surface area contributed by atoms with Gasteiger partial charge in [-0.3, -0.25) is 0 Å². The summed E-state index contributed by atoms with van der Waals surface area (Å²) in [6.45, 7) is 10.1. The van der Waals surface area contributed by atoms with Gasteiger partial charge in [-0.05, 0) is 39.8 Å². The van der Waals surface area contributed by atoms with E-state index in [0.717, 1.165) is 35.8 Å². The highest BCUT2D eigenvalue weighted by Gasteiger charge is 2.24. The Balaban J connectivity index is 2.02. The number of rotatable bonds is 3. The maximum absolute atomic E-state index is 5.81. The van der Waals surface area contributed by atoms with Crippen molar-refractivity contribution < 1.29 is 4.74 Å². The van der Waals surface area contributed by atoms with E-state index in [1.807, 2.05) is 18.2 Å². The first-order valence-corrected chi connectivity index (χ1v) is 7.96. The summed E-state index contributed by atoms with van der Waals surface area (Å²) in [7, 11) is 0. The summed E-state index contributed by atoms with van der Waals surface area (Å²) in [6.07, 6.45) is 0.389. The second-order valence-corrected chi connectivity index (χ2v) is 6.35. The van der Waals surface area contributed by atoms with Crippen LogP contribution in [0.2, 0.25) is 0 Å². The molecule has 2 unspecified atom stereocenters. The van der Waals surface area contributed by atoms with Crippen LogP contribution in [0.15, 0.2) is 24.3 Å². The predicted octanol–water partition coefficient (Wildman–Crippen LogP) is 3.06. The van der Waals surface area contributed by atoms with E-state index in [0.29, 0.717) is 6.04 Å². The number of morpholine rings is 1. The molecule has 1 aromatic carbocycles. The molecule has 5 heteroatoms. The quantitative estimate of drug-likeness (QED) is 0.944. The van der Waals surface area contributed by atoms with Gasteiger partial charge >= 0.3 is 0 Å². The topological polar surface area (TPSA) is 50.3 Å². The normalized spacial score (nSPS) is 22.3. The molecule has 1 N–H and O–H groups in total. The van der Waals surface area contributed by atoms with E-state index in [-0.39, 0.29) is 12.2 Å². The zero-order valence-corrected chi connectivity index (χ0v) is 13.7. The van der Waals surface area contributed by atoms with Crippen molar-refractivity contribution in [3.8, 4) is 0 Å². The van der Waals surface area contributed by atoms with Crippen LogP contribution in [0.25, 0.3) is 10.9 Å². The Bertz CT molecular complexity index is 648. The molecule has 0 aliphatic carbocycles. The Morgan fingerprint density at radius 3 is 2.50 bits per heavy atom. The first kappa shape index (κ1) is 15.0. The molecule has 5 nitrogen and oxygen atoms in total. The Morgan fingerprint density at radius 1 is 1.14 bits per heavy atom. The Morgan fingerprint density at radius 2 is 1.82 bits per heavy atom. The first-order chi connectivity index (χ1) is 10.5. The molecule has 0 amide bonds. The average molecular weight is 300 g/mol. The van der Waals surface area contributed by atoms with Crippen LogP contribution in [0.4, 0.5) is 11.8 Å². The standard InChI is InChI=1S/C17H24N4O/c1-11(2)18-16-14-7-5-6-8-15(14)19-17(20-16)21-9-12(3)22-13(4)10-21/h5-8,11-13H,9-10H2,1-4H3,(H,18,19,20). The molecule has 1 aliphatic heterocycles. The highest BCUT2D eigenvalue weighted by Crippen LogP contribution is 2.25. The smallest absolute Gasteiger partial charge is 0.228 e. The van der Waals surface area contributed by atoms with E-state index in [1.54, 1.807) is 0 Å². The van der Waals surface area contributed by atoms with Crippen LogP contribution < -0.4 is 10.2 Å². The van der Waals surface area contributed by atoms with Crippen molar-refractivity contribution in [2.45, 2.75) is 45.9 Å². The van der Waals surface area contributed by atoms with Gasteiger partial charge < -0.3 is 15.0 Å². The molecule has 1 aliphatic rings. The first-order valence-electron chi connectivity index (χ1n) is 7.96. The molecule has 1 aromatic heterocycles. The summed E-state index contributed by atoms with van der Waals surface area (Å²) in [5.41, 5.74) is 0.974. The van der Waals surface area contributed by atoms with Crippen LogP contribution in [0, 0.1) is 0 Å². The van der Waals surface area contributed by atoms with Crippen LogP contribution in [0.3, 0.4) is 0 Å². The van der Waals surface area contributed by atoms with Gasteiger partial charge in [-0.1, -0.05) is 12.1 Å². The molecule has 1 fully saturated rings. The number of nitrogens with zero attached hydrogens (tertiary/aromatic N) is 3. The van der Waals surface area contributed by atoms with E-state index < -0.39 is 0 Å². The number of nitrogens with one attached hydrogen (secondary N) is 1. The van der Waals surface area contributed by atoms with Crippen LogP contribution in [0.1, 0.15) is 27.7 Å². The van der Waals surface area contributed by atoms with Gasteiger partial charge in [-0.2, -0.15) is 4.98 Å². The molecule has 0 spiro atoms. The summed E-state index contributed by atoms with van der Waals surface area (Å²) in [6, 6.07) is 8.47. The zero-order valence-electron chi connectivity index (χ0n) is 13.7. The van der Waals surface area contributed by atoms with Gasteiger partial charge in [0.05, 0.1) is 17.7 Å². The van der Waals surface area contributed by atoms with Crippen molar-refractivity contribution >= 4 is 22.7 Å². The fourth-order valence-corrected chi connectivity index (χ4v) is 2.93. The van der Waals surface area contributed by atoms with Crippen molar-refractivity contribution in [3.05, 3.63) is 24.3 Å². The lowest BCUT2D eigenvalue weighted by atomic mass is 10.2. The average Bonchev–Trinajstić information content (AvgIpc) is 2.45. The lowest BCUT2D eigenvalue weighted by molar-refractivity contribution is -0.00569. The maximum Gasteiger partial charge on any atom is 0.228 e. The number of para-hydroxylation sites is 1. The third-order valence-electron chi connectivity index (χ3n) is 3.72. The number of benzene rings is 1. The molecule has 2 heterocycles. The summed E-state index contributed by atoms with van der Waals surface area (Å²) in [4.78, 5) is 11.8. The molecule has 118 valence electrons. The predicted molar refractivity (Wildman–Crippen MR) is 90.5 cm³/mol. The number of hydrogen-bond donors (Lipinski definition) is 1. The zero-order chi connectivity index (χ0) is 15.7. The minimum Gasteiger partial charge on any atom is -0.372 e. The fourth-order valence-electron chi connectivity index (χ4n) is 2.93. The van der Waals surface area contributed by atoms with Gasteiger partial charge in [-0.25, -0.2) is 4.98 Å². The molecule has 2 atom stereocenters. The van der Waals surface area contributed by atoms with Crippen molar-refractivity contribution in [1.82, 2.24) is 9.97 Å². The summed E-state index contributed by atoms with van der Waals surface area (Å²) in [5, 5.41) is 4.50.